The standard InChI is InChI=1S/C8H9F3N2O2S.CO.CH4/c1-12-6-4-2-3-5-7(6)13-16(14,15)8(9,10)11;1-2;/h2-5,12-13H,1H3;;1H4. The molecule has 5 nitrogen and oxygen atoms in total. The molecule has 0 fully saturated rings. The van der Waals surface area contributed by atoms with Crippen LogP contribution in [0.5, 0.6) is 0 Å². The summed E-state index contributed by atoms with van der Waals surface area (Å²) in [6.45, 7) is 4.50. The molecule has 19 heavy (non-hydrogen) atoms. The van der Waals surface area contributed by atoms with Crippen molar-refractivity contribution in [3.8, 4) is 0 Å². The van der Waals surface area contributed by atoms with Crippen LogP contribution in [0.4, 0.5) is 24.5 Å². The Labute approximate surface area is 109 Å². The Morgan fingerprint density at radius 2 is 1.58 bits per heavy atom. The van der Waals surface area contributed by atoms with Crippen molar-refractivity contribution in [1.82, 2.24) is 0 Å². The molecule has 0 heterocycles. The number of hydrogen-bond acceptors (Lipinski definition) is 3. The van der Waals surface area contributed by atoms with Crippen molar-refractivity contribution in [2.45, 2.75) is 12.9 Å². The van der Waals surface area contributed by atoms with Gasteiger partial charge in [-0.25, -0.2) is 0 Å². The molecule has 0 atom stereocenters. The summed E-state index contributed by atoms with van der Waals surface area (Å²) in [5.41, 5.74) is -5.22. The van der Waals surface area contributed by atoms with E-state index in [2.05, 4.69) is 12.0 Å². The molecule has 108 valence electrons. The molecule has 1 aromatic carbocycles. The van der Waals surface area contributed by atoms with E-state index >= 15 is 0 Å². The van der Waals surface area contributed by atoms with Crippen molar-refractivity contribution in [1.29, 1.82) is 0 Å². The summed E-state index contributed by atoms with van der Waals surface area (Å²) >= 11 is 0. The zero-order valence-corrected chi connectivity index (χ0v) is 9.89. The van der Waals surface area contributed by atoms with Gasteiger partial charge in [-0.15, -0.1) is 0 Å². The Hall–Kier alpha value is -1.70. The van der Waals surface area contributed by atoms with E-state index in [-0.39, 0.29) is 18.8 Å². The van der Waals surface area contributed by atoms with Crippen LogP contribution in [0, 0.1) is 6.65 Å². The summed E-state index contributed by atoms with van der Waals surface area (Å²) < 4.78 is 66.9. The summed E-state index contributed by atoms with van der Waals surface area (Å²) in [6, 6.07) is 5.68. The third-order valence-corrected chi connectivity index (χ3v) is 2.84. The first-order chi connectivity index (χ1) is 8.28. The van der Waals surface area contributed by atoms with Crippen molar-refractivity contribution in [3.63, 3.8) is 0 Å². The number of para-hydroxylation sites is 2. The Kier molecular flexibility index (Phi) is 7.93. The van der Waals surface area contributed by atoms with Gasteiger partial charge in [0, 0.05) is 7.05 Å². The molecule has 0 saturated carbocycles. The summed E-state index contributed by atoms with van der Waals surface area (Å²) in [7, 11) is -3.90. The van der Waals surface area contributed by atoms with Gasteiger partial charge in [-0.2, -0.15) is 21.6 Å². The van der Waals surface area contributed by atoms with E-state index in [1.54, 1.807) is 6.07 Å². The monoisotopic (exact) mass is 298 g/mol. The van der Waals surface area contributed by atoms with Crippen LogP contribution in [0.3, 0.4) is 0 Å². The molecule has 0 bridgehead atoms. The first kappa shape index (κ1) is 19.6. The number of nitrogens with one attached hydrogen (secondary N) is 2. The van der Waals surface area contributed by atoms with Crippen LogP contribution in [0.15, 0.2) is 24.3 Å². The van der Waals surface area contributed by atoms with E-state index in [9.17, 15) is 21.6 Å². The Morgan fingerprint density at radius 1 is 1.16 bits per heavy atom. The van der Waals surface area contributed by atoms with Crippen LogP contribution in [-0.4, -0.2) is 21.0 Å². The van der Waals surface area contributed by atoms with Crippen LogP contribution in [0.1, 0.15) is 7.43 Å². The zero-order valence-electron chi connectivity index (χ0n) is 9.08. The quantitative estimate of drug-likeness (QED) is 0.665. The molecule has 0 aliphatic rings. The molecule has 9 heteroatoms. The minimum atomic E-state index is -5.37. The zero-order chi connectivity index (χ0) is 14.4. The van der Waals surface area contributed by atoms with Crippen LogP contribution < -0.4 is 10.0 Å². The molecule has 0 aliphatic carbocycles. The van der Waals surface area contributed by atoms with Gasteiger partial charge in [0.1, 0.15) is 0 Å². The van der Waals surface area contributed by atoms with Crippen molar-refractivity contribution < 1.29 is 26.2 Å². The molecule has 0 aromatic heterocycles. The molecule has 1 aromatic rings. The van der Waals surface area contributed by atoms with Crippen LogP contribution in [-0.2, 0) is 14.7 Å². The molecule has 0 radical (unpaired) electrons. The number of benzene rings is 1. The second-order valence-corrected chi connectivity index (χ2v) is 4.52. The van der Waals surface area contributed by atoms with Gasteiger partial charge in [0.2, 0.25) is 0 Å². The van der Waals surface area contributed by atoms with Crippen molar-refractivity contribution in [3.05, 3.63) is 30.9 Å². The van der Waals surface area contributed by atoms with Gasteiger partial charge < -0.3 is 5.32 Å². The molecule has 2 N–H and O–H groups in total. The molecule has 0 unspecified atom stereocenters. The van der Waals surface area contributed by atoms with Gasteiger partial charge in [0.15, 0.2) is 0 Å². The molecular formula is C10H13F3N2O3S. The number of rotatable bonds is 3. The van der Waals surface area contributed by atoms with Gasteiger partial charge in [0.25, 0.3) is 0 Å². The van der Waals surface area contributed by atoms with E-state index < -0.39 is 15.5 Å². The fourth-order valence-corrected chi connectivity index (χ4v) is 1.58. The normalized spacial score (nSPS) is 10.4. The fraction of sp³-hybridized carbons (Fsp3) is 0.300. The van der Waals surface area contributed by atoms with Crippen molar-refractivity contribution >= 4 is 21.4 Å². The third-order valence-electron chi connectivity index (χ3n) is 1.75. The molecule has 0 aliphatic heterocycles. The number of anilines is 2. The van der Waals surface area contributed by atoms with Gasteiger partial charge >= 0.3 is 26.8 Å². The number of halogens is 3. The molecule has 0 amide bonds. The number of hydrogen-bond donors (Lipinski definition) is 2. The first-order valence-electron chi connectivity index (χ1n) is 4.34. The fourth-order valence-electron chi connectivity index (χ4n) is 0.993. The maximum atomic E-state index is 12.1. The van der Waals surface area contributed by atoms with Gasteiger partial charge in [-0.05, 0) is 12.1 Å². The summed E-state index contributed by atoms with van der Waals surface area (Å²) in [6.07, 6.45) is 0. The van der Waals surface area contributed by atoms with E-state index in [4.69, 9.17) is 4.65 Å². The third kappa shape index (κ3) is 5.21. The van der Waals surface area contributed by atoms with E-state index in [1.165, 1.54) is 30.0 Å². The second kappa shape index (κ2) is 7.67. The second-order valence-electron chi connectivity index (χ2n) is 2.85. The Morgan fingerprint density at radius 3 is 1.95 bits per heavy atom. The molecule has 0 spiro atoms. The molecule has 1 rings (SSSR count). The number of alkyl halides is 3. The first-order valence-corrected chi connectivity index (χ1v) is 5.82. The van der Waals surface area contributed by atoms with Crippen LogP contribution in [0.2, 0.25) is 0 Å². The predicted octanol–water partition coefficient (Wildman–Crippen LogP) is 2.59. The predicted molar refractivity (Wildman–Crippen MR) is 65.2 cm³/mol. The van der Waals surface area contributed by atoms with Crippen molar-refractivity contribution in [2.75, 3.05) is 17.1 Å². The molecule has 0 saturated heterocycles. The average Bonchev–Trinajstić information content (AvgIpc) is 2.30. The number of sulfonamides is 1. The molecular weight excluding hydrogens is 285 g/mol. The Bertz CT molecular complexity index is 512. The van der Waals surface area contributed by atoms with E-state index in [0.717, 1.165) is 0 Å². The van der Waals surface area contributed by atoms with E-state index in [1.807, 2.05) is 0 Å². The van der Waals surface area contributed by atoms with Gasteiger partial charge in [0.05, 0.1) is 11.4 Å². The van der Waals surface area contributed by atoms with Crippen LogP contribution in [0.25, 0.3) is 0 Å². The Balaban J connectivity index is 0. The maximum absolute atomic E-state index is 12.1. The topological polar surface area (TPSA) is 78.1 Å². The summed E-state index contributed by atoms with van der Waals surface area (Å²) in [5.74, 6) is 0. The SMILES string of the molecule is C.CNc1ccccc1NS(=O)(=O)C(F)(F)F.[C-]#[O+]. The summed E-state index contributed by atoms with van der Waals surface area (Å²) in [4.78, 5) is 0. The van der Waals surface area contributed by atoms with Gasteiger partial charge in [-0.1, -0.05) is 19.6 Å². The average molecular weight is 298 g/mol. The van der Waals surface area contributed by atoms with E-state index in [0.29, 0.717) is 0 Å². The minimum absolute atomic E-state index is 0. The van der Waals surface area contributed by atoms with Crippen molar-refractivity contribution in [2.24, 2.45) is 0 Å². The van der Waals surface area contributed by atoms with Gasteiger partial charge in [-0.3, -0.25) is 4.72 Å². The summed E-state index contributed by atoms with van der Waals surface area (Å²) in [5, 5.41) is 2.58. The van der Waals surface area contributed by atoms with Crippen LogP contribution >= 0.6 is 0 Å².